The van der Waals surface area contributed by atoms with Crippen molar-refractivity contribution >= 4 is 76.1 Å². The summed E-state index contributed by atoms with van der Waals surface area (Å²) in [6.45, 7) is 2.27. The van der Waals surface area contributed by atoms with Gasteiger partial charge < -0.3 is 16.2 Å². The first-order valence-corrected chi connectivity index (χ1v) is 14.6. The number of rotatable bonds is 9. The average Bonchev–Trinajstić information content (AvgIpc) is 2.88. The van der Waals surface area contributed by atoms with Gasteiger partial charge in [0.15, 0.2) is 0 Å². The van der Waals surface area contributed by atoms with E-state index >= 15 is 0 Å². The van der Waals surface area contributed by atoms with Crippen LogP contribution >= 0.6 is 46.7 Å². The summed E-state index contributed by atoms with van der Waals surface area (Å²) in [5.41, 5.74) is 6.33. The molecular weight excluding hydrogens is 583 g/mol. The fraction of sp³-hybridized carbons (Fsp3) is 0.320. The number of anilines is 2. The second-order valence-electron chi connectivity index (χ2n) is 8.99. The first-order chi connectivity index (χ1) is 18.5. The summed E-state index contributed by atoms with van der Waals surface area (Å²) in [6, 6.07) is 5.93. The molecule has 206 valence electrons. The number of nitrogens with two attached hydrogens (primary N) is 1. The highest BCUT2D eigenvalue weighted by Gasteiger charge is 2.53. The Balaban J connectivity index is 1.44. The monoisotopic (exact) mass is 609 g/mol. The van der Waals surface area contributed by atoms with Gasteiger partial charge in [-0.25, -0.2) is 9.36 Å². The smallest absolute Gasteiger partial charge is 0.352 e. The lowest BCUT2D eigenvalue weighted by molar-refractivity contribution is -0.683. The van der Waals surface area contributed by atoms with Gasteiger partial charge in [-0.3, -0.25) is 19.4 Å². The minimum Gasteiger partial charge on any atom is -0.477 e. The van der Waals surface area contributed by atoms with Crippen molar-refractivity contribution in [1.29, 1.82) is 0 Å². The Labute approximate surface area is 244 Å². The summed E-state index contributed by atoms with van der Waals surface area (Å²) in [5, 5.41) is 13.1. The molecule has 1 saturated heterocycles. The van der Waals surface area contributed by atoms with E-state index in [1.807, 2.05) is 36.6 Å². The quantitative estimate of drug-likeness (QED) is 0.223. The molecule has 0 aliphatic carbocycles. The van der Waals surface area contributed by atoms with Gasteiger partial charge in [0.1, 0.15) is 17.1 Å². The number of thioether (sulfide) groups is 2. The van der Waals surface area contributed by atoms with Crippen molar-refractivity contribution in [2.75, 3.05) is 36.2 Å². The van der Waals surface area contributed by atoms with Crippen molar-refractivity contribution in [2.24, 2.45) is 0 Å². The maximum atomic E-state index is 13.0. The van der Waals surface area contributed by atoms with Crippen LogP contribution in [0.15, 0.2) is 52.6 Å². The van der Waals surface area contributed by atoms with E-state index in [-0.39, 0.29) is 17.4 Å². The van der Waals surface area contributed by atoms with Gasteiger partial charge in [-0.05, 0) is 23.8 Å². The predicted molar refractivity (Wildman–Crippen MR) is 154 cm³/mol. The van der Waals surface area contributed by atoms with Crippen molar-refractivity contribution in [3.63, 3.8) is 0 Å². The van der Waals surface area contributed by atoms with Crippen LogP contribution in [-0.2, 0) is 20.9 Å². The molecule has 0 radical (unpaired) electrons. The minimum atomic E-state index is -1.20. The maximum absolute atomic E-state index is 13.0. The van der Waals surface area contributed by atoms with Crippen LogP contribution in [0.1, 0.15) is 5.82 Å². The maximum Gasteiger partial charge on any atom is 0.352 e. The van der Waals surface area contributed by atoms with Gasteiger partial charge in [-0.1, -0.05) is 40.3 Å². The molecule has 4 rings (SSSR count). The van der Waals surface area contributed by atoms with E-state index in [1.165, 1.54) is 28.4 Å². The van der Waals surface area contributed by atoms with E-state index in [9.17, 15) is 19.5 Å². The highest BCUT2D eigenvalue weighted by atomic mass is 35.5. The van der Waals surface area contributed by atoms with Crippen molar-refractivity contribution < 1.29 is 24.1 Å². The number of nitrogens with one attached hydrogen (secondary N) is 1. The number of amides is 2. The van der Waals surface area contributed by atoms with E-state index in [2.05, 4.69) is 10.3 Å². The first kappa shape index (κ1) is 29.1. The molecule has 2 aliphatic heterocycles. The number of halogens is 2. The number of benzene rings is 1. The van der Waals surface area contributed by atoms with Crippen LogP contribution in [0.25, 0.3) is 0 Å². The number of fused-ring (bicyclic) bond motifs is 1. The van der Waals surface area contributed by atoms with Crippen LogP contribution in [-0.4, -0.2) is 69.8 Å². The molecule has 0 bridgehead atoms. The van der Waals surface area contributed by atoms with E-state index in [1.54, 1.807) is 30.3 Å². The number of carboxylic acid groups (broad SMARTS) is 1. The zero-order valence-electron chi connectivity index (χ0n) is 21.4. The number of aromatic nitrogens is 2. The number of hydrogen-bond donors (Lipinski definition) is 3. The Bertz CT molecular complexity index is 1400. The lowest BCUT2D eigenvalue weighted by atomic mass is 10.0. The molecule has 0 spiro atoms. The minimum absolute atomic E-state index is 0.0306. The van der Waals surface area contributed by atoms with Gasteiger partial charge in [0, 0.05) is 22.6 Å². The topological polar surface area (TPSA) is 133 Å². The summed E-state index contributed by atoms with van der Waals surface area (Å²) in [4.78, 5) is 45.8. The van der Waals surface area contributed by atoms with Crippen molar-refractivity contribution in [3.8, 4) is 0 Å². The number of β-lactam (4-membered cyclic amide) rings is 1. The molecule has 3 heterocycles. The summed E-state index contributed by atoms with van der Waals surface area (Å²) in [7, 11) is 3.79. The molecule has 1 aromatic heterocycles. The van der Waals surface area contributed by atoms with Crippen LogP contribution in [0, 0.1) is 6.92 Å². The molecule has 4 N–H and O–H groups in total. The average molecular weight is 611 g/mol. The Hall–Kier alpha value is -2.93. The van der Waals surface area contributed by atoms with E-state index < -0.39 is 23.3 Å². The number of nitrogen functional groups attached to an aromatic ring is 1. The Morgan fingerprint density at radius 3 is 2.79 bits per heavy atom. The fourth-order valence-corrected chi connectivity index (χ4v) is 6.89. The second-order valence-corrected chi connectivity index (χ2v) is 12.0. The van der Waals surface area contributed by atoms with Crippen molar-refractivity contribution in [2.45, 2.75) is 29.8 Å². The molecule has 2 aliphatic rings. The Morgan fingerprint density at radius 1 is 1.36 bits per heavy atom. The lowest BCUT2D eigenvalue weighted by Gasteiger charge is -2.49. The van der Waals surface area contributed by atoms with Gasteiger partial charge in [0.2, 0.25) is 23.4 Å². The Morgan fingerprint density at radius 2 is 2.10 bits per heavy atom. The molecule has 1 fully saturated rings. The summed E-state index contributed by atoms with van der Waals surface area (Å²) >= 11 is 14.8. The molecule has 2 atom stereocenters. The molecule has 0 unspecified atom stereocenters. The van der Waals surface area contributed by atoms with Crippen molar-refractivity contribution in [3.05, 3.63) is 63.6 Å². The van der Waals surface area contributed by atoms with E-state index in [4.69, 9.17) is 28.9 Å². The first-order valence-electron chi connectivity index (χ1n) is 11.8. The molecule has 14 heteroatoms. The molecule has 2 aromatic rings. The summed E-state index contributed by atoms with van der Waals surface area (Å²) < 4.78 is 1.95. The van der Waals surface area contributed by atoms with E-state index in [0.717, 1.165) is 5.82 Å². The Kier molecular flexibility index (Phi) is 9.00. The SMILES string of the molecule is Cc1nc(N)cc(N(C)C)[n+]1C/C=C/C1=C(C(=O)O)N2C(=O)[C@@H](NC(=O)CSc3cc(Cl)ccc3Cl)[C@H]2SC1. The fourth-order valence-electron chi connectivity index (χ4n) is 4.27. The third-order valence-electron chi connectivity index (χ3n) is 6.07. The van der Waals surface area contributed by atoms with Gasteiger partial charge >= 0.3 is 5.97 Å². The third-order valence-corrected chi connectivity index (χ3v) is 9.10. The van der Waals surface area contributed by atoms with Crippen LogP contribution < -0.4 is 20.5 Å². The highest BCUT2D eigenvalue weighted by molar-refractivity contribution is 8.00. The highest BCUT2D eigenvalue weighted by Crippen LogP contribution is 2.40. The zero-order valence-corrected chi connectivity index (χ0v) is 24.5. The molecule has 10 nitrogen and oxygen atoms in total. The van der Waals surface area contributed by atoms with Crippen LogP contribution in [0.5, 0.6) is 0 Å². The van der Waals surface area contributed by atoms with Crippen LogP contribution in [0.3, 0.4) is 0 Å². The van der Waals surface area contributed by atoms with Crippen molar-refractivity contribution in [1.82, 2.24) is 15.2 Å². The molecule has 1 aromatic carbocycles. The van der Waals surface area contributed by atoms with Crippen LogP contribution in [0.2, 0.25) is 10.0 Å². The zero-order chi connectivity index (χ0) is 28.4. The number of nitrogens with zero attached hydrogens (tertiary/aromatic N) is 4. The van der Waals surface area contributed by atoms with Gasteiger partial charge in [-0.15, -0.1) is 23.5 Å². The number of aryl methyl sites for hydroxylation is 1. The number of carboxylic acids is 1. The summed E-state index contributed by atoms with van der Waals surface area (Å²) in [6.07, 6.45) is 3.55. The number of hydrogen-bond acceptors (Lipinski definition) is 8. The summed E-state index contributed by atoms with van der Waals surface area (Å²) in [5.74, 6) is 0.352. The number of carbonyl (C=O) groups excluding carboxylic acids is 2. The lowest BCUT2D eigenvalue weighted by Crippen LogP contribution is -2.70. The number of aliphatic carboxylic acids is 1. The predicted octanol–water partition coefficient (Wildman–Crippen LogP) is 2.72. The molecule has 2 amide bonds. The van der Waals surface area contributed by atoms with Crippen LogP contribution in [0.4, 0.5) is 11.6 Å². The largest absolute Gasteiger partial charge is 0.477 e. The molecular formula is C25H27Cl2N6O4S2+. The third kappa shape index (κ3) is 6.29. The van der Waals surface area contributed by atoms with E-state index in [0.29, 0.717) is 44.5 Å². The number of carbonyl (C=O) groups is 3. The second kappa shape index (κ2) is 12.1. The molecule has 39 heavy (non-hydrogen) atoms. The van der Waals surface area contributed by atoms with Gasteiger partial charge in [-0.2, -0.15) is 0 Å². The standard InChI is InChI=1S/C25H26Cl2N6O4S2/c1-13-29-18(28)10-20(31(2)3)32(13)8-4-5-14-11-39-24-21(23(35)33(24)22(14)25(36)37)30-19(34)12-38-17-9-15(26)6-7-16(17)27/h4-7,9-10,21,24,28H,8,11-12H2,1-3H3,(H2,30,34,36,37)/p+1/b5-4+/t21-,24-/m1/s1. The van der Waals surface area contributed by atoms with Gasteiger partial charge in [0.25, 0.3) is 5.91 Å². The normalized spacial score (nSPS) is 18.7. The number of allylic oxidation sites excluding steroid dienone is 2. The van der Waals surface area contributed by atoms with Gasteiger partial charge in [0.05, 0.1) is 37.5 Å². The molecule has 0 saturated carbocycles.